The number of likely N-dealkylation sites (tertiary alicyclic amines) is 1. The van der Waals surface area contributed by atoms with E-state index in [2.05, 4.69) is 42.5 Å². The van der Waals surface area contributed by atoms with E-state index in [-0.39, 0.29) is 0 Å². The predicted molar refractivity (Wildman–Crippen MR) is 110 cm³/mol. The fraction of sp³-hybridized carbons (Fsp3) is 0.381. The number of guanidine groups is 1. The minimum Gasteiger partial charge on any atom is -0.461 e. The Morgan fingerprint density at radius 2 is 2.21 bits per heavy atom. The second-order valence-electron chi connectivity index (χ2n) is 7.09. The minimum atomic E-state index is 0.507. The maximum Gasteiger partial charge on any atom is 0.216 e. The van der Waals surface area contributed by atoms with Crippen molar-refractivity contribution in [2.24, 2.45) is 10.9 Å². The van der Waals surface area contributed by atoms with Crippen molar-refractivity contribution in [3.8, 4) is 11.6 Å². The molecule has 1 aliphatic rings. The van der Waals surface area contributed by atoms with Gasteiger partial charge in [-0.2, -0.15) is 0 Å². The fourth-order valence-electron chi connectivity index (χ4n) is 3.46. The summed E-state index contributed by atoms with van der Waals surface area (Å²) >= 11 is 0. The first kappa shape index (κ1) is 19.2. The molecule has 1 fully saturated rings. The van der Waals surface area contributed by atoms with Crippen molar-refractivity contribution < 1.29 is 9.15 Å². The summed E-state index contributed by atoms with van der Waals surface area (Å²) in [4.78, 5) is 11.1. The molecule has 8 heteroatoms. The van der Waals surface area contributed by atoms with Crippen molar-refractivity contribution in [2.75, 3.05) is 26.7 Å². The second-order valence-corrected chi connectivity index (χ2v) is 7.09. The van der Waals surface area contributed by atoms with Crippen molar-refractivity contribution in [1.82, 2.24) is 25.4 Å². The quantitative estimate of drug-likeness (QED) is 0.473. The normalized spacial score (nSPS) is 17.1. The van der Waals surface area contributed by atoms with E-state index in [0.717, 1.165) is 37.9 Å². The zero-order chi connectivity index (χ0) is 19.9. The van der Waals surface area contributed by atoms with Crippen molar-refractivity contribution in [1.29, 1.82) is 0 Å². The first-order chi connectivity index (χ1) is 14.3. The number of ether oxygens (including phenoxy) is 1. The molecule has 3 aromatic rings. The molecule has 0 radical (unpaired) electrons. The van der Waals surface area contributed by atoms with E-state index >= 15 is 0 Å². The molecule has 0 aliphatic carbocycles. The molecule has 1 unspecified atom stereocenters. The molecule has 1 aliphatic heterocycles. The molecule has 1 atom stereocenters. The Morgan fingerprint density at radius 3 is 3.00 bits per heavy atom. The van der Waals surface area contributed by atoms with Crippen LogP contribution >= 0.6 is 0 Å². The van der Waals surface area contributed by atoms with Gasteiger partial charge in [0.15, 0.2) is 11.7 Å². The summed E-state index contributed by atoms with van der Waals surface area (Å²) < 4.78 is 11.2. The Balaban J connectivity index is 1.22. The van der Waals surface area contributed by atoms with Crippen molar-refractivity contribution >= 4 is 5.96 Å². The Morgan fingerprint density at radius 1 is 1.31 bits per heavy atom. The Bertz CT molecular complexity index is 906. The molecule has 3 heterocycles. The predicted octanol–water partition coefficient (Wildman–Crippen LogP) is 2.68. The number of aliphatic imine (C=N–C) groups is 1. The van der Waals surface area contributed by atoms with Crippen molar-refractivity contribution in [3.05, 3.63) is 60.1 Å². The van der Waals surface area contributed by atoms with Crippen LogP contribution in [-0.4, -0.2) is 52.8 Å². The van der Waals surface area contributed by atoms with Crippen molar-refractivity contribution in [3.63, 3.8) is 0 Å². The van der Waals surface area contributed by atoms with Gasteiger partial charge in [0.25, 0.3) is 0 Å². The highest BCUT2D eigenvalue weighted by Gasteiger charge is 2.25. The summed E-state index contributed by atoms with van der Waals surface area (Å²) in [7, 11) is 1.80. The number of nitrogens with zero attached hydrogens (tertiary/aromatic N) is 4. The number of rotatable bonds is 7. The molecule has 0 spiro atoms. The summed E-state index contributed by atoms with van der Waals surface area (Å²) in [6, 6.07) is 13.9. The van der Waals surface area contributed by atoms with Gasteiger partial charge in [-0.25, -0.2) is 4.98 Å². The number of H-pyrrole nitrogens is 1. The number of aromatic amines is 1. The molecular weight excluding hydrogens is 368 g/mol. The highest BCUT2D eigenvalue weighted by Crippen LogP contribution is 2.18. The smallest absolute Gasteiger partial charge is 0.216 e. The van der Waals surface area contributed by atoms with Crippen LogP contribution < -0.4 is 5.32 Å². The summed E-state index contributed by atoms with van der Waals surface area (Å²) in [6.45, 7) is 3.84. The van der Waals surface area contributed by atoms with Crippen LogP contribution in [0.3, 0.4) is 0 Å². The third-order valence-electron chi connectivity index (χ3n) is 4.95. The van der Waals surface area contributed by atoms with E-state index in [4.69, 9.17) is 9.15 Å². The third kappa shape index (κ3) is 5.03. The summed E-state index contributed by atoms with van der Waals surface area (Å²) in [5.41, 5.74) is 1.21. The minimum absolute atomic E-state index is 0.507. The number of hydrogen-bond acceptors (Lipinski definition) is 5. The maximum atomic E-state index is 5.91. The van der Waals surface area contributed by atoms with E-state index in [1.54, 1.807) is 13.3 Å². The first-order valence-electron chi connectivity index (χ1n) is 9.84. The van der Waals surface area contributed by atoms with Crippen LogP contribution in [-0.2, 0) is 17.9 Å². The lowest BCUT2D eigenvalue weighted by Gasteiger charge is -2.21. The lowest BCUT2D eigenvalue weighted by molar-refractivity contribution is 0.0906. The lowest BCUT2D eigenvalue weighted by Crippen LogP contribution is -2.40. The zero-order valence-electron chi connectivity index (χ0n) is 16.5. The fourth-order valence-corrected chi connectivity index (χ4v) is 3.46. The van der Waals surface area contributed by atoms with Gasteiger partial charge >= 0.3 is 0 Å². The van der Waals surface area contributed by atoms with Gasteiger partial charge in [-0.05, 0) is 24.1 Å². The van der Waals surface area contributed by atoms with Gasteiger partial charge in [0, 0.05) is 26.1 Å². The molecule has 29 heavy (non-hydrogen) atoms. The average molecular weight is 394 g/mol. The number of hydrogen-bond donors (Lipinski definition) is 2. The highest BCUT2D eigenvalue weighted by molar-refractivity contribution is 5.80. The Hall–Kier alpha value is -3.13. The van der Waals surface area contributed by atoms with Crippen LogP contribution in [0.15, 0.2) is 58.1 Å². The number of aromatic nitrogens is 3. The summed E-state index contributed by atoms with van der Waals surface area (Å²) in [6.07, 6.45) is 2.71. The highest BCUT2D eigenvalue weighted by atomic mass is 16.5. The third-order valence-corrected chi connectivity index (χ3v) is 4.95. The number of nitrogens with one attached hydrogen (secondary N) is 2. The van der Waals surface area contributed by atoms with Gasteiger partial charge in [-0.3, -0.25) is 10.1 Å². The van der Waals surface area contributed by atoms with Crippen LogP contribution in [0.2, 0.25) is 0 Å². The molecule has 0 amide bonds. The number of furan rings is 1. The largest absolute Gasteiger partial charge is 0.461 e. The number of benzene rings is 1. The molecule has 152 valence electrons. The van der Waals surface area contributed by atoms with E-state index in [1.165, 1.54) is 5.56 Å². The zero-order valence-corrected chi connectivity index (χ0v) is 16.5. The molecule has 2 N–H and O–H groups in total. The standard InChI is InChI=1S/C21H26N6O2/c1-22-21(23-12-19-24-20(26-25-19)18-8-5-11-29-18)27-10-9-17(13-27)15-28-14-16-6-3-2-4-7-16/h2-8,11,17H,9-10,12-15H2,1H3,(H,22,23)(H,24,25,26). The van der Waals surface area contributed by atoms with Crippen LogP contribution in [0.5, 0.6) is 0 Å². The maximum absolute atomic E-state index is 5.91. The molecule has 1 aromatic carbocycles. The van der Waals surface area contributed by atoms with Gasteiger partial charge in [-0.15, -0.1) is 5.10 Å². The van der Waals surface area contributed by atoms with Gasteiger partial charge in [-0.1, -0.05) is 30.3 Å². The van der Waals surface area contributed by atoms with Gasteiger partial charge in [0.1, 0.15) is 5.82 Å². The molecule has 1 saturated heterocycles. The van der Waals surface area contributed by atoms with Crippen LogP contribution in [0.4, 0.5) is 0 Å². The Labute approximate surface area is 170 Å². The van der Waals surface area contributed by atoms with Crippen LogP contribution in [0.25, 0.3) is 11.6 Å². The van der Waals surface area contributed by atoms with E-state index in [1.807, 2.05) is 30.3 Å². The van der Waals surface area contributed by atoms with Crippen LogP contribution in [0, 0.1) is 5.92 Å². The molecular formula is C21H26N6O2. The van der Waals surface area contributed by atoms with Gasteiger partial charge < -0.3 is 19.4 Å². The molecule has 8 nitrogen and oxygen atoms in total. The SMILES string of the molecule is CN=C(NCc1nc(-c2ccco2)n[nH]1)N1CCC(COCc2ccccc2)C1. The molecule has 2 aromatic heterocycles. The monoisotopic (exact) mass is 394 g/mol. The topological polar surface area (TPSA) is 91.6 Å². The first-order valence-corrected chi connectivity index (χ1v) is 9.84. The molecule has 4 rings (SSSR count). The van der Waals surface area contributed by atoms with Gasteiger partial charge in [0.2, 0.25) is 5.82 Å². The Kier molecular flexibility index (Phi) is 6.21. The van der Waals surface area contributed by atoms with Crippen molar-refractivity contribution in [2.45, 2.75) is 19.6 Å². The lowest BCUT2D eigenvalue weighted by atomic mass is 10.1. The molecule has 0 bridgehead atoms. The van der Waals surface area contributed by atoms with E-state index < -0.39 is 0 Å². The average Bonchev–Trinajstić information content (AvgIpc) is 3.51. The second kappa shape index (κ2) is 9.38. The van der Waals surface area contributed by atoms with Gasteiger partial charge in [0.05, 0.1) is 26.0 Å². The summed E-state index contributed by atoms with van der Waals surface area (Å²) in [5, 5.41) is 10.5. The van der Waals surface area contributed by atoms with E-state index in [0.29, 0.717) is 30.7 Å². The summed E-state index contributed by atoms with van der Waals surface area (Å²) in [5.74, 6) is 3.31. The molecule has 0 saturated carbocycles. The van der Waals surface area contributed by atoms with E-state index in [9.17, 15) is 0 Å². The van der Waals surface area contributed by atoms with Crippen LogP contribution in [0.1, 0.15) is 17.8 Å².